The number of ether oxygens (including phenoxy) is 3. The standard InChI is InChI=1S/C20H20FNO4/c21-16-9-15-12-24-13-26-19(15)18(10-16)20(23)22-6-7-25-17(11-22)8-14-4-2-1-3-5-14/h1-5,9-10,17H,6-8,11-13H2. The number of hydrogen-bond acceptors (Lipinski definition) is 4. The first kappa shape index (κ1) is 17.0. The summed E-state index contributed by atoms with van der Waals surface area (Å²) in [5, 5.41) is 0. The van der Waals surface area contributed by atoms with E-state index in [9.17, 15) is 9.18 Å². The van der Waals surface area contributed by atoms with Crippen LogP contribution < -0.4 is 4.74 Å². The first-order valence-electron chi connectivity index (χ1n) is 8.68. The third-order valence-corrected chi connectivity index (χ3v) is 4.64. The van der Waals surface area contributed by atoms with E-state index in [-0.39, 0.29) is 31.0 Å². The van der Waals surface area contributed by atoms with E-state index in [0.29, 0.717) is 31.0 Å². The highest BCUT2D eigenvalue weighted by atomic mass is 19.1. The Morgan fingerprint density at radius 3 is 2.92 bits per heavy atom. The number of amides is 1. The number of benzene rings is 2. The highest BCUT2D eigenvalue weighted by Gasteiger charge is 2.29. The zero-order valence-electron chi connectivity index (χ0n) is 14.3. The van der Waals surface area contributed by atoms with Crippen molar-refractivity contribution in [1.82, 2.24) is 4.90 Å². The molecule has 1 atom stereocenters. The molecule has 1 amide bonds. The smallest absolute Gasteiger partial charge is 0.257 e. The molecule has 0 aromatic heterocycles. The van der Waals surface area contributed by atoms with E-state index in [1.807, 2.05) is 30.3 Å². The molecule has 0 radical (unpaired) electrons. The molecular weight excluding hydrogens is 337 g/mol. The van der Waals surface area contributed by atoms with Crippen LogP contribution in [0.3, 0.4) is 0 Å². The van der Waals surface area contributed by atoms with Crippen LogP contribution in [0.15, 0.2) is 42.5 Å². The number of carbonyl (C=O) groups excluding carboxylic acids is 1. The van der Waals surface area contributed by atoms with Crippen molar-refractivity contribution >= 4 is 5.91 Å². The number of morpholine rings is 1. The Balaban J connectivity index is 1.52. The van der Waals surface area contributed by atoms with Crippen LogP contribution in [0.25, 0.3) is 0 Å². The SMILES string of the molecule is O=C(c1cc(F)cc2c1OCOC2)N1CCOC(Cc2ccccc2)C1. The van der Waals surface area contributed by atoms with Crippen LogP contribution >= 0.6 is 0 Å². The summed E-state index contributed by atoms with van der Waals surface area (Å²) in [4.78, 5) is 14.7. The molecule has 0 saturated carbocycles. The van der Waals surface area contributed by atoms with Crippen molar-refractivity contribution in [2.24, 2.45) is 0 Å². The molecule has 2 aliphatic heterocycles. The molecule has 0 bridgehead atoms. The lowest BCUT2D eigenvalue weighted by Gasteiger charge is -2.34. The third kappa shape index (κ3) is 3.57. The first-order valence-corrected chi connectivity index (χ1v) is 8.68. The van der Waals surface area contributed by atoms with Crippen LogP contribution in [0.5, 0.6) is 5.75 Å². The van der Waals surface area contributed by atoms with Crippen LogP contribution in [0.2, 0.25) is 0 Å². The van der Waals surface area contributed by atoms with E-state index >= 15 is 0 Å². The molecular formula is C20H20FNO4. The van der Waals surface area contributed by atoms with Gasteiger partial charge in [-0.15, -0.1) is 0 Å². The average molecular weight is 357 g/mol. The Hall–Kier alpha value is -2.44. The molecule has 6 heteroatoms. The monoisotopic (exact) mass is 357 g/mol. The molecule has 1 unspecified atom stereocenters. The van der Waals surface area contributed by atoms with E-state index in [0.717, 1.165) is 12.0 Å². The van der Waals surface area contributed by atoms with Gasteiger partial charge in [-0.1, -0.05) is 30.3 Å². The Labute approximate surface area is 151 Å². The summed E-state index contributed by atoms with van der Waals surface area (Å²) >= 11 is 0. The summed E-state index contributed by atoms with van der Waals surface area (Å²) in [6.45, 7) is 1.72. The Morgan fingerprint density at radius 1 is 1.23 bits per heavy atom. The fourth-order valence-electron chi connectivity index (χ4n) is 3.41. The molecule has 2 aliphatic rings. The number of carbonyl (C=O) groups is 1. The van der Waals surface area contributed by atoms with Gasteiger partial charge in [0.2, 0.25) is 0 Å². The molecule has 26 heavy (non-hydrogen) atoms. The lowest BCUT2D eigenvalue weighted by molar-refractivity contribution is -0.0241. The van der Waals surface area contributed by atoms with Gasteiger partial charge in [-0.3, -0.25) is 4.79 Å². The highest BCUT2D eigenvalue weighted by molar-refractivity contribution is 5.97. The van der Waals surface area contributed by atoms with E-state index in [1.54, 1.807) is 4.90 Å². The minimum absolute atomic E-state index is 0.0681. The maximum Gasteiger partial charge on any atom is 0.257 e. The van der Waals surface area contributed by atoms with Crippen LogP contribution in [-0.2, 0) is 22.5 Å². The fourth-order valence-corrected chi connectivity index (χ4v) is 3.41. The van der Waals surface area contributed by atoms with Crippen molar-refractivity contribution in [3.05, 3.63) is 65.0 Å². The molecule has 2 heterocycles. The molecule has 0 spiro atoms. The van der Waals surface area contributed by atoms with E-state index in [2.05, 4.69) is 0 Å². The topological polar surface area (TPSA) is 48.0 Å². The molecule has 136 valence electrons. The van der Waals surface area contributed by atoms with Gasteiger partial charge >= 0.3 is 0 Å². The van der Waals surface area contributed by atoms with E-state index in [4.69, 9.17) is 14.2 Å². The zero-order valence-corrected chi connectivity index (χ0v) is 14.3. The van der Waals surface area contributed by atoms with Gasteiger partial charge in [0.25, 0.3) is 5.91 Å². The van der Waals surface area contributed by atoms with Crippen LogP contribution in [0, 0.1) is 5.82 Å². The minimum atomic E-state index is -0.463. The second-order valence-electron chi connectivity index (χ2n) is 6.49. The summed E-state index contributed by atoms with van der Waals surface area (Å²) in [6, 6.07) is 12.6. The maximum absolute atomic E-state index is 13.9. The van der Waals surface area contributed by atoms with Crippen molar-refractivity contribution in [2.75, 3.05) is 26.5 Å². The number of rotatable bonds is 3. The Morgan fingerprint density at radius 2 is 2.08 bits per heavy atom. The van der Waals surface area contributed by atoms with Gasteiger partial charge in [0.15, 0.2) is 6.79 Å². The normalized spacial score (nSPS) is 19.6. The number of hydrogen-bond donors (Lipinski definition) is 0. The quantitative estimate of drug-likeness (QED) is 0.848. The maximum atomic E-state index is 13.9. The second kappa shape index (κ2) is 7.43. The number of halogens is 1. The second-order valence-corrected chi connectivity index (χ2v) is 6.49. The van der Waals surface area contributed by atoms with Crippen LogP contribution in [0.1, 0.15) is 21.5 Å². The van der Waals surface area contributed by atoms with Crippen LogP contribution in [0.4, 0.5) is 4.39 Å². The minimum Gasteiger partial charge on any atom is -0.466 e. The van der Waals surface area contributed by atoms with E-state index < -0.39 is 5.82 Å². The lowest BCUT2D eigenvalue weighted by atomic mass is 10.0. The third-order valence-electron chi connectivity index (χ3n) is 4.64. The lowest BCUT2D eigenvalue weighted by Crippen LogP contribution is -2.46. The van der Waals surface area contributed by atoms with Crippen molar-refractivity contribution in [2.45, 2.75) is 19.1 Å². The molecule has 2 aromatic carbocycles. The molecule has 0 aliphatic carbocycles. The molecule has 1 fully saturated rings. The summed E-state index contributed by atoms with van der Waals surface area (Å²) in [5.41, 5.74) is 1.98. The van der Waals surface area contributed by atoms with Gasteiger partial charge in [0.1, 0.15) is 11.6 Å². The van der Waals surface area contributed by atoms with Crippen molar-refractivity contribution in [3.63, 3.8) is 0 Å². The van der Waals surface area contributed by atoms with Gasteiger partial charge in [0, 0.05) is 25.1 Å². The molecule has 2 aromatic rings. The highest BCUT2D eigenvalue weighted by Crippen LogP contribution is 2.30. The summed E-state index contributed by atoms with van der Waals surface area (Å²) in [6.07, 6.45) is 0.652. The largest absolute Gasteiger partial charge is 0.466 e. The van der Waals surface area contributed by atoms with Gasteiger partial charge in [-0.05, 0) is 17.7 Å². The van der Waals surface area contributed by atoms with E-state index in [1.165, 1.54) is 12.1 Å². The summed E-state index contributed by atoms with van der Waals surface area (Å²) < 4.78 is 30.4. The van der Waals surface area contributed by atoms with Crippen molar-refractivity contribution < 1.29 is 23.4 Å². The van der Waals surface area contributed by atoms with Gasteiger partial charge in [0.05, 0.1) is 24.9 Å². The van der Waals surface area contributed by atoms with Gasteiger partial charge < -0.3 is 19.1 Å². The summed E-state index contributed by atoms with van der Waals surface area (Å²) in [7, 11) is 0. The number of nitrogens with zero attached hydrogens (tertiary/aromatic N) is 1. The predicted octanol–water partition coefficient (Wildman–Crippen LogP) is 2.78. The zero-order chi connectivity index (χ0) is 17.9. The summed E-state index contributed by atoms with van der Waals surface area (Å²) in [5.74, 6) is -0.270. The Kier molecular flexibility index (Phi) is 4.86. The van der Waals surface area contributed by atoms with Crippen molar-refractivity contribution in [1.29, 1.82) is 0 Å². The molecule has 0 N–H and O–H groups in total. The van der Waals surface area contributed by atoms with Crippen molar-refractivity contribution in [3.8, 4) is 5.75 Å². The van der Waals surface area contributed by atoms with Crippen LogP contribution in [-0.4, -0.2) is 43.4 Å². The first-order chi connectivity index (χ1) is 12.7. The molecule has 1 saturated heterocycles. The number of fused-ring (bicyclic) bond motifs is 1. The Bertz CT molecular complexity index is 796. The van der Waals surface area contributed by atoms with Gasteiger partial charge in [-0.2, -0.15) is 0 Å². The molecule has 4 rings (SSSR count). The molecule has 5 nitrogen and oxygen atoms in total. The average Bonchev–Trinajstić information content (AvgIpc) is 2.68. The predicted molar refractivity (Wildman–Crippen MR) is 92.5 cm³/mol. The van der Waals surface area contributed by atoms with Gasteiger partial charge in [-0.25, -0.2) is 4.39 Å². The fraction of sp³-hybridized carbons (Fsp3) is 0.350.